The van der Waals surface area contributed by atoms with Gasteiger partial charge in [-0.3, -0.25) is 0 Å². The molecule has 0 bridgehead atoms. The van der Waals surface area contributed by atoms with Crippen LogP contribution in [0.25, 0.3) is 0 Å². The summed E-state index contributed by atoms with van der Waals surface area (Å²) in [4.78, 5) is 1.19. The minimum Gasteiger partial charge on any atom is -0.496 e. The summed E-state index contributed by atoms with van der Waals surface area (Å²) in [6, 6.07) is 6.13. The third-order valence-corrected chi connectivity index (χ3v) is 5.04. The van der Waals surface area contributed by atoms with Gasteiger partial charge in [0, 0.05) is 14.7 Å². The van der Waals surface area contributed by atoms with E-state index < -0.39 is 0 Å². The maximum atomic E-state index is 5.68. The van der Waals surface area contributed by atoms with Crippen LogP contribution >= 0.6 is 27.3 Å². The summed E-state index contributed by atoms with van der Waals surface area (Å²) in [7, 11) is 3.63. The van der Waals surface area contributed by atoms with E-state index in [1.54, 1.807) is 18.4 Å². The Balaban J connectivity index is 2.00. The van der Waals surface area contributed by atoms with Crippen molar-refractivity contribution >= 4 is 27.3 Å². The standard InChI is InChI=1S/C15H16BrNO3S/c1-17-15(14-5-9(18-2)8-21-14)10-6-12-13(7-11(10)16)20-4-3-19-12/h5-8,15,17H,3-4H2,1-2H3. The average molecular weight is 370 g/mol. The first-order chi connectivity index (χ1) is 10.2. The van der Waals surface area contributed by atoms with Crippen LogP contribution in [0.2, 0.25) is 0 Å². The molecule has 0 amide bonds. The Hall–Kier alpha value is -1.24. The number of hydrogen-bond donors (Lipinski definition) is 1. The van der Waals surface area contributed by atoms with Crippen LogP contribution in [0, 0.1) is 0 Å². The molecule has 0 saturated heterocycles. The molecule has 0 fully saturated rings. The van der Waals surface area contributed by atoms with Gasteiger partial charge in [-0.25, -0.2) is 0 Å². The van der Waals surface area contributed by atoms with Gasteiger partial charge in [0.05, 0.1) is 13.2 Å². The van der Waals surface area contributed by atoms with Gasteiger partial charge in [0.15, 0.2) is 11.5 Å². The van der Waals surface area contributed by atoms with Crippen molar-refractivity contribution in [2.75, 3.05) is 27.4 Å². The van der Waals surface area contributed by atoms with Crippen molar-refractivity contribution < 1.29 is 14.2 Å². The number of benzene rings is 1. The Bertz CT molecular complexity index is 644. The molecule has 0 saturated carbocycles. The van der Waals surface area contributed by atoms with Crippen LogP contribution < -0.4 is 19.5 Å². The number of hydrogen-bond acceptors (Lipinski definition) is 5. The van der Waals surface area contributed by atoms with Gasteiger partial charge < -0.3 is 19.5 Å². The lowest BCUT2D eigenvalue weighted by Crippen LogP contribution is -2.19. The smallest absolute Gasteiger partial charge is 0.162 e. The Morgan fingerprint density at radius 1 is 1.24 bits per heavy atom. The zero-order valence-corrected chi connectivity index (χ0v) is 14.2. The lowest BCUT2D eigenvalue weighted by Gasteiger charge is -2.23. The molecule has 1 atom stereocenters. The number of thiophene rings is 1. The molecule has 1 aromatic heterocycles. The van der Waals surface area contributed by atoms with Crippen molar-refractivity contribution in [1.82, 2.24) is 5.32 Å². The van der Waals surface area contributed by atoms with Crippen LogP contribution in [0.15, 0.2) is 28.1 Å². The fourth-order valence-corrected chi connectivity index (χ4v) is 3.88. The van der Waals surface area contributed by atoms with E-state index >= 15 is 0 Å². The van der Waals surface area contributed by atoms with Crippen LogP contribution in [0.5, 0.6) is 17.2 Å². The summed E-state index contributed by atoms with van der Waals surface area (Å²) in [6.45, 7) is 1.18. The zero-order chi connectivity index (χ0) is 14.8. The first kappa shape index (κ1) is 14.7. The van der Waals surface area contributed by atoms with Gasteiger partial charge in [-0.1, -0.05) is 15.9 Å². The molecule has 3 rings (SSSR count). The highest BCUT2D eigenvalue weighted by Gasteiger charge is 2.22. The van der Waals surface area contributed by atoms with Crippen LogP contribution in [0.1, 0.15) is 16.5 Å². The number of ether oxygens (including phenoxy) is 3. The highest BCUT2D eigenvalue weighted by molar-refractivity contribution is 9.10. The van der Waals surface area contributed by atoms with Crippen molar-refractivity contribution in [3.63, 3.8) is 0 Å². The molecule has 0 radical (unpaired) electrons. The van der Waals surface area contributed by atoms with Crippen LogP contribution in [-0.2, 0) is 0 Å². The summed E-state index contributed by atoms with van der Waals surface area (Å²) in [5.74, 6) is 2.46. The average Bonchev–Trinajstić information content (AvgIpc) is 2.97. The van der Waals surface area contributed by atoms with Crippen molar-refractivity contribution in [1.29, 1.82) is 0 Å². The topological polar surface area (TPSA) is 39.7 Å². The molecule has 21 heavy (non-hydrogen) atoms. The predicted molar refractivity (Wildman–Crippen MR) is 86.9 cm³/mol. The van der Waals surface area contributed by atoms with Crippen LogP contribution in [-0.4, -0.2) is 27.4 Å². The third kappa shape index (κ3) is 2.88. The van der Waals surface area contributed by atoms with Gasteiger partial charge >= 0.3 is 0 Å². The molecule has 1 aliphatic rings. The minimum absolute atomic E-state index is 0.0732. The van der Waals surface area contributed by atoms with Crippen LogP contribution in [0.4, 0.5) is 0 Å². The molecule has 0 spiro atoms. The van der Waals surface area contributed by atoms with E-state index in [2.05, 4.69) is 27.3 Å². The van der Waals surface area contributed by atoms with E-state index in [1.165, 1.54) is 4.88 Å². The number of rotatable bonds is 4. The Labute approximate surface area is 136 Å². The first-order valence-corrected chi connectivity index (χ1v) is 8.29. The summed E-state index contributed by atoms with van der Waals surface area (Å²) < 4.78 is 17.6. The third-order valence-electron chi connectivity index (χ3n) is 3.38. The molecule has 1 aromatic carbocycles. The quantitative estimate of drug-likeness (QED) is 0.893. The largest absolute Gasteiger partial charge is 0.496 e. The Kier molecular flexibility index (Phi) is 4.37. The molecule has 0 aliphatic carbocycles. The monoisotopic (exact) mass is 369 g/mol. The van der Waals surface area contributed by atoms with Crippen LogP contribution in [0.3, 0.4) is 0 Å². The fourth-order valence-electron chi connectivity index (χ4n) is 2.34. The van der Waals surface area contributed by atoms with Gasteiger partial charge in [-0.2, -0.15) is 0 Å². The molecule has 1 unspecified atom stereocenters. The molecule has 6 heteroatoms. The number of methoxy groups -OCH3 is 1. The maximum Gasteiger partial charge on any atom is 0.162 e. The van der Waals surface area contributed by atoms with Crippen molar-refractivity contribution in [3.8, 4) is 17.2 Å². The van der Waals surface area contributed by atoms with E-state index in [-0.39, 0.29) is 6.04 Å². The zero-order valence-electron chi connectivity index (χ0n) is 11.8. The second kappa shape index (κ2) is 6.25. The van der Waals surface area contributed by atoms with Crippen molar-refractivity contribution in [2.24, 2.45) is 0 Å². The molecular weight excluding hydrogens is 354 g/mol. The molecule has 2 heterocycles. The van der Waals surface area contributed by atoms with Gasteiger partial charge in [0.25, 0.3) is 0 Å². The summed E-state index contributed by atoms with van der Waals surface area (Å²) in [5.41, 5.74) is 1.12. The molecule has 4 nitrogen and oxygen atoms in total. The predicted octanol–water partition coefficient (Wildman–Crippen LogP) is 3.60. The van der Waals surface area contributed by atoms with E-state index in [4.69, 9.17) is 14.2 Å². The fraction of sp³-hybridized carbons (Fsp3) is 0.333. The molecular formula is C15H16BrNO3S. The highest BCUT2D eigenvalue weighted by atomic mass is 79.9. The molecule has 1 aliphatic heterocycles. The normalized spacial score (nSPS) is 14.8. The SMILES string of the molecule is CNC(c1cc(OC)cs1)c1cc2c(cc1Br)OCCO2. The summed E-state index contributed by atoms with van der Waals surface area (Å²) in [6.07, 6.45) is 0. The van der Waals surface area contributed by atoms with Gasteiger partial charge in [0.1, 0.15) is 19.0 Å². The number of halogens is 1. The second-order valence-corrected chi connectivity index (χ2v) is 6.43. The van der Waals surface area contributed by atoms with E-state index in [1.807, 2.05) is 24.6 Å². The molecule has 1 N–H and O–H groups in total. The maximum absolute atomic E-state index is 5.68. The Morgan fingerprint density at radius 2 is 1.95 bits per heavy atom. The van der Waals surface area contributed by atoms with E-state index in [0.29, 0.717) is 13.2 Å². The number of fused-ring (bicyclic) bond motifs is 1. The summed E-state index contributed by atoms with van der Waals surface area (Å²) in [5, 5.41) is 5.35. The van der Waals surface area contributed by atoms with Crippen molar-refractivity contribution in [2.45, 2.75) is 6.04 Å². The molecule has 2 aromatic rings. The second-order valence-electron chi connectivity index (χ2n) is 4.63. The number of nitrogens with one attached hydrogen (secondary N) is 1. The minimum atomic E-state index is 0.0732. The van der Waals surface area contributed by atoms with Gasteiger partial charge in [-0.15, -0.1) is 11.3 Å². The van der Waals surface area contributed by atoms with Gasteiger partial charge in [0.2, 0.25) is 0 Å². The lowest BCUT2D eigenvalue weighted by molar-refractivity contribution is 0.171. The Morgan fingerprint density at radius 3 is 2.57 bits per heavy atom. The molecule has 112 valence electrons. The van der Waals surface area contributed by atoms with Gasteiger partial charge in [-0.05, 0) is 30.8 Å². The van der Waals surface area contributed by atoms with E-state index in [9.17, 15) is 0 Å². The van der Waals surface area contributed by atoms with Crippen molar-refractivity contribution in [3.05, 3.63) is 38.5 Å². The highest BCUT2D eigenvalue weighted by Crippen LogP contribution is 2.41. The summed E-state index contributed by atoms with van der Waals surface area (Å²) >= 11 is 5.30. The first-order valence-electron chi connectivity index (χ1n) is 6.61. The lowest BCUT2D eigenvalue weighted by atomic mass is 10.0. The van der Waals surface area contributed by atoms with E-state index in [0.717, 1.165) is 27.3 Å².